The van der Waals surface area contributed by atoms with Gasteiger partial charge in [-0.1, -0.05) is 13.8 Å². The van der Waals surface area contributed by atoms with Gasteiger partial charge in [0.25, 0.3) is 7.57 Å². The van der Waals surface area contributed by atoms with E-state index < -0.39 is 51.3 Å². The van der Waals surface area contributed by atoms with Crippen LogP contribution in [0.4, 0.5) is 4.79 Å². The first-order chi connectivity index (χ1) is 16.3. The second kappa shape index (κ2) is 14.0. The first-order valence-electron chi connectivity index (χ1n) is 10.2. The summed E-state index contributed by atoms with van der Waals surface area (Å²) in [6, 6.07) is -0.429. The molecule has 16 nitrogen and oxygen atoms in total. The van der Waals surface area contributed by atoms with E-state index in [0.29, 0.717) is 0 Å². The molecule has 6 atom stereocenters. The van der Waals surface area contributed by atoms with Crippen molar-refractivity contribution in [1.29, 1.82) is 0 Å². The third kappa shape index (κ3) is 14.4. The number of hydrogen-bond donors (Lipinski definition) is 6. The first kappa shape index (κ1) is 33.5. The van der Waals surface area contributed by atoms with Gasteiger partial charge < -0.3 is 38.9 Å². The average molecular weight is 599 g/mol. The van der Waals surface area contributed by atoms with E-state index in [1.165, 1.54) is 12.2 Å². The molecule has 0 aromatic heterocycles. The molecule has 0 aromatic rings. The van der Waals surface area contributed by atoms with Gasteiger partial charge in [-0.2, -0.15) is 4.31 Å². The number of nitrogens with one attached hydrogen (secondary N) is 2. The maximum atomic E-state index is 11.6. The monoisotopic (exact) mass is 599 g/mol. The second-order valence-electron chi connectivity index (χ2n) is 7.81. The van der Waals surface area contributed by atoms with E-state index in [-0.39, 0.29) is 37.5 Å². The van der Waals surface area contributed by atoms with Crippen LogP contribution in [0, 0.1) is 11.8 Å². The van der Waals surface area contributed by atoms with Crippen molar-refractivity contribution >= 4 is 52.7 Å². The molecule has 1 aliphatic heterocycles. The van der Waals surface area contributed by atoms with Crippen LogP contribution >= 0.6 is 23.2 Å². The van der Waals surface area contributed by atoms with Crippen LogP contribution < -0.4 is 10.6 Å². The number of amides is 1. The summed E-state index contributed by atoms with van der Waals surface area (Å²) >= 11 is 0. The Morgan fingerprint density at radius 3 is 2.39 bits per heavy atom. The van der Waals surface area contributed by atoms with Crippen molar-refractivity contribution < 1.29 is 64.5 Å². The third-order valence-corrected chi connectivity index (χ3v) is 9.42. The highest BCUT2D eigenvalue weighted by atomic mass is 32.2. The Morgan fingerprint density at radius 1 is 1.17 bits per heavy atom. The molecule has 0 bridgehead atoms. The van der Waals surface area contributed by atoms with Gasteiger partial charge >= 0.3 is 21.7 Å². The normalized spacial score (nSPS) is 26.3. The van der Waals surface area contributed by atoms with Crippen LogP contribution in [0.5, 0.6) is 0 Å². The van der Waals surface area contributed by atoms with Gasteiger partial charge in [0.05, 0.1) is 18.6 Å². The van der Waals surface area contributed by atoms with Crippen molar-refractivity contribution in [2.24, 2.45) is 11.8 Å². The summed E-state index contributed by atoms with van der Waals surface area (Å²) in [6.07, 6.45) is 4.15. The Labute approximate surface area is 209 Å². The van der Waals surface area contributed by atoms with Gasteiger partial charge in [0.2, 0.25) is 0 Å². The minimum Gasteiger partial charge on any atom is -0.448 e. The minimum absolute atomic E-state index is 0.0386. The van der Waals surface area contributed by atoms with Crippen molar-refractivity contribution in [1.82, 2.24) is 10.6 Å². The second-order valence-corrected chi connectivity index (χ2v) is 14.7. The van der Waals surface area contributed by atoms with Gasteiger partial charge in [0.1, 0.15) is 6.61 Å². The van der Waals surface area contributed by atoms with Gasteiger partial charge in [-0.25, -0.2) is 26.7 Å². The number of ether oxygens (including phenoxy) is 2. The lowest BCUT2D eigenvalue weighted by Gasteiger charge is -2.23. The zero-order valence-corrected chi connectivity index (χ0v) is 23.2. The molecule has 21 heteroatoms. The molecular formula is C15H31BN2O14P3S. The first-order valence-corrected chi connectivity index (χ1v) is 17.0. The zero-order valence-electron chi connectivity index (χ0n) is 19.7. The van der Waals surface area contributed by atoms with Crippen LogP contribution in [0.2, 0.25) is 0 Å². The smallest absolute Gasteiger partial charge is 0.448 e. The number of hydrogen-bond acceptors (Lipinski definition) is 12. The number of sulfone groups is 1. The van der Waals surface area contributed by atoms with Gasteiger partial charge in [0.15, 0.2) is 17.1 Å². The van der Waals surface area contributed by atoms with Crippen molar-refractivity contribution in [3.63, 3.8) is 0 Å². The Hall–Kier alpha value is -0.575. The van der Waals surface area contributed by atoms with E-state index in [1.807, 2.05) is 13.8 Å². The van der Waals surface area contributed by atoms with Crippen molar-refractivity contribution in [3.8, 4) is 0 Å². The van der Waals surface area contributed by atoms with Gasteiger partial charge in [-0.05, 0) is 24.3 Å². The highest BCUT2D eigenvalue weighted by Gasteiger charge is 2.41. The topological polar surface area (TPSA) is 236 Å². The number of carbonyl (C=O) groups excluding carboxylic acids is 1. The highest BCUT2D eigenvalue weighted by molar-refractivity contribution is 7.90. The van der Waals surface area contributed by atoms with Gasteiger partial charge in [0, 0.05) is 18.8 Å². The van der Waals surface area contributed by atoms with Crippen LogP contribution in [0.1, 0.15) is 13.8 Å². The Bertz CT molecular complexity index is 1020. The van der Waals surface area contributed by atoms with Crippen molar-refractivity contribution in [2.75, 3.05) is 31.9 Å². The minimum atomic E-state index is -5.38. The molecule has 6 unspecified atom stereocenters. The van der Waals surface area contributed by atoms with Gasteiger partial charge in [-0.3, -0.25) is 5.32 Å². The molecule has 6 N–H and O–H groups in total. The van der Waals surface area contributed by atoms with E-state index in [1.54, 1.807) is 7.28 Å². The molecule has 1 rings (SSSR count). The number of alkyl carbamates (subject to hydrolysis) is 1. The lowest BCUT2D eigenvalue weighted by Crippen LogP contribution is -2.28. The standard InChI is InChI=1S/C15H31BN2O14P3S/c1-11-12(2)14(16-5-6-18-15(19)28-8-7-17-10-36(4,26)27)30-13(11)9-29-33(3,20)31-35(24,25)32-34(21,22)23/h5-6,11-14,17,20H,3,7-10H2,1-2,4H3,(H,18,19)(H,24,25)(H2,21,22,23)/b6-5+. The van der Waals surface area contributed by atoms with Crippen LogP contribution in [0.3, 0.4) is 0 Å². The maximum Gasteiger partial charge on any atom is 0.487 e. The van der Waals surface area contributed by atoms with Crippen LogP contribution in [-0.4, -0.2) is 91.7 Å². The third-order valence-electron chi connectivity index (χ3n) is 4.62. The fourth-order valence-electron chi connectivity index (χ4n) is 2.82. The predicted molar refractivity (Wildman–Crippen MR) is 130 cm³/mol. The number of rotatable bonds is 15. The van der Waals surface area contributed by atoms with E-state index in [4.69, 9.17) is 23.8 Å². The lowest BCUT2D eigenvalue weighted by molar-refractivity contribution is 0.0311. The highest BCUT2D eigenvalue weighted by Crippen LogP contribution is 2.66. The molecule has 36 heavy (non-hydrogen) atoms. The van der Waals surface area contributed by atoms with Crippen LogP contribution in [-0.2, 0) is 41.6 Å². The fourth-order valence-corrected chi connectivity index (χ4v) is 6.66. The molecule has 0 saturated carbocycles. The molecule has 0 aromatic carbocycles. The predicted octanol–water partition coefficient (Wildman–Crippen LogP) is -0.0934. The van der Waals surface area contributed by atoms with Crippen molar-refractivity contribution in [2.45, 2.75) is 26.0 Å². The zero-order chi connectivity index (χ0) is 27.8. The largest absolute Gasteiger partial charge is 0.487 e. The Kier molecular flexibility index (Phi) is 13.0. The van der Waals surface area contributed by atoms with Crippen molar-refractivity contribution in [3.05, 3.63) is 12.2 Å². The molecular weight excluding hydrogens is 568 g/mol. The molecule has 0 spiro atoms. The number of carbonyl (C=O) groups is 1. The molecule has 0 aliphatic carbocycles. The van der Waals surface area contributed by atoms with Crippen LogP contribution in [0.15, 0.2) is 12.2 Å². The molecule has 1 heterocycles. The quantitative estimate of drug-likeness (QED) is 0.0819. The summed E-state index contributed by atoms with van der Waals surface area (Å²) in [4.78, 5) is 48.2. The SMILES string of the molecule is C=P(O)(OCC1OC([B]/C=C/NC(=O)OCCNCS(C)(=O)=O)C(C)C1C)OP(=O)(O)OP(=O)(O)O. The summed E-state index contributed by atoms with van der Waals surface area (Å²) in [5.41, 5.74) is 0. The van der Waals surface area contributed by atoms with E-state index in [2.05, 4.69) is 25.6 Å². The molecule has 1 radical (unpaired) electrons. The van der Waals surface area contributed by atoms with E-state index in [0.717, 1.165) is 6.26 Å². The van der Waals surface area contributed by atoms with E-state index >= 15 is 0 Å². The maximum absolute atomic E-state index is 11.6. The molecule has 1 fully saturated rings. The molecule has 1 saturated heterocycles. The lowest BCUT2D eigenvalue weighted by atomic mass is 9.65. The van der Waals surface area contributed by atoms with E-state index in [9.17, 15) is 32.1 Å². The molecule has 209 valence electrons. The average Bonchev–Trinajstić information content (AvgIpc) is 2.93. The number of phosphoric acid groups is 2. The fraction of sp³-hybridized carbons (Fsp3) is 0.733. The summed E-state index contributed by atoms with van der Waals surface area (Å²) in [7, 11) is -16.5. The summed E-state index contributed by atoms with van der Waals surface area (Å²) in [5, 5.41) is 4.97. The summed E-state index contributed by atoms with van der Waals surface area (Å²) < 4.78 is 67.9. The Morgan fingerprint density at radius 2 is 1.81 bits per heavy atom. The Balaban J connectivity index is 2.43. The van der Waals surface area contributed by atoms with Gasteiger partial charge in [-0.15, -0.1) is 5.98 Å². The molecule has 1 aliphatic rings. The van der Waals surface area contributed by atoms with Crippen LogP contribution in [0.25, 0.3) is 0 Å². The summed E-state index contributed by atoms with van der Waals surface area (Å²) in [6.45, 7) is 3.51. The molecule has 1 amide bonds. The summed E-state index contributed by atoms with van der Waals surface area (Å²) in [5.74, 6) is 1.11.